The second-order valence-electron chi connectivity index (χ2n) is 4.78. The summed E-state index contributed by atoms with van der Waals surface area (Å²) in [6, 6.07) is -1.14. The van der Waals surface area contributed by atoms with Gasteiger partial charge in [-0.25, -0.2) is 4.79 Å². The highest BCUT2D eigenvalue weighted by Crippen LogP contribution is 2.25. The molecule has 0 fully saturated rings. The zero-order valence-corrected chi connectivity index (χ0v) is 14.3. The number of amides is 1. The van der Waals surface area contributed by atoms with E-state index < -0.39 is 23.9 Å². The molecule has 0 bridgehead atoms. The Labute approximate surface area is 136 Å². The lowest BCUT2D eigenvalue weighted by molar-refractivity contribution is -0.149. The van der Waals surface area contributed by atoms with Gasteiger partial charge in [-0.1, -0.05) is 13.8 Å². The summed E-state index contributed by atoms with van der Waals surface area (Å²) in [6.07, 6.45) is -0.325. The van der Waals surface area contributed by atoms with E-state index >= 15 is 0 Å². The molecule has 0 radical (unpaired) electrons. The van der Waals surface area contributed by atoms with Gasteiger partial charge in [-0.15, -0.1) is 0 Å². The Morgan fingerprint density at radius 1 is 1.27 bits per heavy atom. The number of ether oxygens (including phenoxy) is 2. The smallest absolute Gasteiger partial charge is 0.328 e. The first-order valence-corrected chi connectivity index (χ1v) is 7.30. The van der Waals surface area contributed by atoms with Gasteiger partial charge >= 0.3 is 11.9 Å². The van der Waals surface area contributed by atoms with E-state index in [0.29, 0.717) is 4.47 Å². The number of nitrogens with zero attached hydrogens (tertiary/aromatic N) is 1. The van der Waals surface area contributed by atoms with Gasteiger partial charge in [0.15, 0.2) is 5.69 Å². The van der Waals surface area contributed by atoms with Gasteiger partial charge in [-0.3, -0.25) is 14.7 Å². The molecule has 2 N–H and O–H groups in total. The van der Waals surface area contributed by atoms with Gasteiger partial charge < -0.3 is 14.8 Å². The molecule has 122 valence electrons. The maximum atomic E-state index is 12.2. The first kappa shape index (κ1) is 18.1. The van der Waals surface area contributed by atoms with E-state index in [2.05, 4.69) is 40.9 Å². The number of H-pyrrole nitrogens is 1. The van der Waals surface area contributed by atoms with E-state index in [-0.39, 0.29) is 18.0 Å². The summed E-state index contributed by atoms with van der Waals surface area (Å²) in [5.74, 6) is -1.85. The first-order valence-electron chi connectivity index (χ1n) is 6.51. The van der Waals surface area contributed by atoms with Crippen LogP contribution in [0.25, 0.3) is 0 Å². The van der Waals surface area contributed by atoms with Gasteiger partial charge in [-0.05, 0) is 21.8 Å². The summed E-state index contributed by atoms with van der Waals surface area (Å²) in [4.78, 5) is 35.2. The fourth-order valence-electron chi connectivity index (χ4n) is 1.69. The number of hydrogen-bond donors (Lipinski definition) is 2. The summed E-state index contributed by atoms with van der Waals surface area (Å²) in [6.45, 7) is 3.88. The molecule has 0 aliphatic heterocycles. The van der Waals surface area contributed by atoms with Crippen LogP contribution < -0.4 is 5.32 Å². The normalized spacial score (nSPS) is 11.9. The summed E-state index contributed by atoms with van der Waals surface area (Å²) >= 11 is 3.30. The number of carbonyl (C=O) groups is 3. The van der Waals surface area contributed by atoms with Crippen molar-refractivity contribution in [3.8, 4) is 0 Å². The molecular formula is C13H18BrN3O5. The van der Waals surface area contributed by atoms with E-state index in [4.69, 9.17) is 0 Å². The molecule has 8 nitrogen and oxygen atoms in total. The van der Waals surface area contributed by atoms with Gasteiger partial charge in [0.25, 0.3) is 5.91 Å². The highest BCUT2D eigenvalue weighted by atomic mass is 79.9. The zero-order valence-electron chi connectivity index (χ0n) is 12.7. The quantitative estimate of drug-likeness (QED) is 0.721. The largest absolute Gasteiger partial charge is 0.469 e. The van der Waals surface area contributed by atoms with Gasteiger partial charge in [-0.2, -0.15) is 5.10 Å². The Bertz CT molecular complexity index is 570. The van der Waals surface area contributed by atoms with E-state index in [1.165, 1.54) is 14.2 Å². The second-order valence-corrected chi connectivity index (χ2v) is 5.58. The van der Waals surface area contributed by atoms with Crippen LogP contribution in [0.1, 0.15) is 42.4 Å². The predicted molar refractivity (Wildman–Crippen MR) is 80.3 cm³/mol. The maximum Gasteiger partial charge on any atom is 0.328 e. The van der Waals surface area contributed by atoms with Crippen LogP contribution in [0.2, 0.25) is 0 Å². The van der Waals surface area contributed by atoms with Crippen LogP contribution in [0.4, 0.5) is 0 Å². The number of aromatic nitrogens is 2. The molecule has 1 atom stereocenters. The average molecular weight is 376 g/mol. The molecule has 0 unspecified atom stereocenters. The molecule has 1 rings (SSSR count). The van der Waals surface area contributed by atoms with Gasteiger partial charge in [0.2, 0.25) is 0 Å². The molecular weight excluding hydrogens is 358 g/mol. The maximum absolute atomic E-state index is 12.2. The van der Waals surface area contributed by atoms with Crippen LogP contribution in [0.3, 0.4) is 0 Å². The minimum absolute atomic E-state index is 0.0995. The van der Waals surface area contributed by atoms with Crippen molar-refractivity contribution < 1.29 is 23.9 Å². The Balaban J connectivity index is 2.91. The monoisotopic (exact) mass is 375 g/mol. The van der Waals surface area contributed by atoms with Crippen LogP contribution in [-0.4, -0.2) is 48.3 Å². The van der Waals surface area contributed by atoms with Crippen LogP contribution in [0.15, 0.2) is 4.47 Å². The van der Waals surface area contributed by atoms with Gasteiger partial charge in [0.05, 0.1) is 30.8 Å². The van der Waals surface area contributed by atoms with E-state index in [1.54, 1.807) is 0 Å². The van der Waals surface area contributed by atoms with Crippen molar-refractivity contribution in [2.24, 2.45) is 0 Å². The topological polar surface area (TPSA) is 110 Å². The number of methoxy groups -OCH3 is 2. The summed E-state index contributed by atoms with van der Waals surface area (Å²) in [5.41, 5.74) is 0.857. The van der Waals surface area contributed by atoms with Crippen molar-refractivity contribution >= 4 is 33.8 Å². The fraction of sp³-hybridized carbons (Fsp3) is 0.538. The Kier molecular flexibility index (Phi) is 6.54. The lowest BCUT2D eigenvalue weighted by Crippen LogP contribution is -2.43. The molecule has 22 heavy (non-hydrogen) atoms. The first-order chi connectivity index (χ1) is 10.3. The third kappa shape index (κ3) is 4.30. The third-order valence-corrected chi connectivity index (χ3v) is 3.72. The van der Waals surface area contributed by atoms with Crippen molar-refractivity contribution in [3.05, 3.63) is 15.9 Å². The van der Waals surface area contributed by atoms with Crippen LogP contribution >= 0.6 is 15.9 Å². The standard InChI is InChI=1S/C13H18BrN3O5/c1-6(2)10-9(14)11(17-16-10)12(19)15-7(13(20)22-4)5-8(18)21-3/h6-7H,5H2,1-4H3,(H,15,19)(H,16,17)/t7-/m1/s1. The minimum atomic E-state index is -1.14. The fourth-order valence-corrected chi connectivity index (χ4v) is 2.50. The minimum Gasteiger partial charge on any atom is -0.469 e. The number of nitrogens with one attached hydrogen (secondary N) is 2. The van der Waals surface area contributed by atoms with Crippen LogP contribution in [0.5, 0.6) is 0 Å². The van der Waals surface area contributed by atoms with Crippen molar-refractivity contribution in [1.29, 1.82) is 0 Å². The zero-order chi connectivity index (χ0) is 16.9. The Morgan fingerprint density at radius 2 is 1.91 bits per heavy atom. The number of halogens is 1. The molecule has 0 aliphatic carbocycles. The second kappa shape index (κ2) is 7.92. The van der Waals surface area contributed by atoms with Crippen molar-refractivity contribution in [1.82, 2.24) is 15.5 Å². The van der Waals surface area contributed by atoms with Crippen LogP contribution in [0, 0.1) is 0 Å². The molecule has 0 spiro atoms. The third-order valence-electron chi connectivity index (χ3n) is 2.91. The predicted octanol–water partition coefficient (Wildman–Crippen LogP) is 1.13. The molecule has 1 aromatic rings. The molecule has 1 aromatic heterocycles. The number of aromatic amines is 1. The average Bonchev–Trinajstić information content (AvgIpc) is 2.87. The highest BCUT2D eigenvalue weighted by molar-refractivity contribution is 9.10. The lowest BCUT2D eigenvalue weighted by Gasteiger charge is -2.14. The number of esters is 2. The molecule has 9 heteroatoms. The SMILES string of the molecule is COC(=O)C[C@@H](NC(=O)c1n[nH]c(C(C)C)c1Br)C(=O)OC. The molecule has 1 amide bonds. The Hall–Kier alpha value is -1.90. The number of rotatable bonds is 6. The van der Waals surface area contributed by atoms with Crippen molar-refractivity contribution in [2.45, 2.75) is 32.2 Å². The van der Waals surface area contributed by atoms with E-state index in [1.807, 2.05) is 13.8 Å². The summed E-state index contributed by atoms with van der Waals surface area (Å²) in [7, 11) is 2.36. The molecule has 1 heterocycles. The molecule has 0 aliphatic rings. The molecule has 0 saturated heterocycles. The van der Waals surface area contributed by atoms with Crippen LogP contribution in [-0.2, 0) is 19.1 Å². The number of hydrogen-bond acceptors (Lipinski definition) is 6. The van der Waals surface area contributed by atoms with Crippen molar-refractivity contribution in [2.75, 3.05) is 14.2 Å². The molecule has 0 saturated carbocycles. The van der Waals surface area contributed by atoms with E-state index in [9.17, 15) is 14.4 Å². The van der Waals surface area contributed by atoms with E-state index in [0.717, 1.165) is 5.69 Å². The van der Waals surface area contributed by atoms with Gasteiger partial charge in [0.1, 0.15) is 6.04 Å². The lowest BCUT2D eigenvalue weighted by atomic mass is 10.1. The summed E-state index contributed by atoms with van der Waals surface area (Å²) < 4.78 is 9.58. The Morgan fingerprint density at radius 3 is 2.36 bits per heavy atom. The summed E-state index contributed by atoms with van der Waals surface area (Å²) in [5, 5.41) is 9.10. The van der Waals surface area contributed by atoms with Crippen molar-refractivity contribution in [3.63, 3.8) is 0 Å². The molecule has 0 aromatic carbocycles. The number of carbonyl (C=O) groups excluding carboxylic acids is 3. The highest BCUT2D eigenvalue weighted by Gasteiger charge is 2.28. The van der Waals surface area contributed by atoms with Gasteiger partial charge in [0, 0.05) is 0 Å².